The Hall–Kier alpha value is -2.30. The summed E-state index contributed by atoms with van der Waals surface area (Å²) in [5.41, 5.74) is 1.71. The van der Waals surface area contributed by atoms with Gasteiger partial charge in [0.2, 0.25) is 5.95 Å². The van der Waals surface area contributed by atoms with Crippen LogP contribution < -0.4 is 4.90 Å². The molecule has 0 aliphatic carbocycles. The number of pyridine rings is 1. The zero-order valence-electron chi connectivity index (χ0n) is 10.2. The van der Waals surface area contributed by atoms with Crippen molar-refractivity contribution >= 4 is 12.2 Å². The lowest BCUT2D eigenvalue weighted by Gasteiger charge is -2.16. The minimum atomic E-state index is 0.487. The van der Waals surface area contributed by atoms with E-state index in [0.29, 0.717) is 11.5 Å². The Morgan fingerprint density at radius 2 is 1.89 bits per heavy atom. The first kappa shape index (κ1) is 12.2. The van der Waals surface area contributed by atoms with Crippen LogP contribution in [0.3, 0.4) is 0 Å². The van der Waals surface area contributed by atoms with Crippen molar-refractivity contribution in [1.29, 1.82) is 0 Å². The van der Waals surface area contributed by atoms with Crippen LogP contribution in [0.1, 0.15) is 15.9 Å². The van der Waals surface area contributed by atoms with Gasteiger partial charge >= 0.3 is 0 Å². The second kappa shape index (κ2) is 5.86. The number of carbonyl (C=O) groups excluding carboxylic acids is 1. The van der Waals surface area contributed by atoms with E-state index >= 15 is 0 Å². The number of hydrogen-bond acceptors (Lipinski definition) is 5. The highest BCUT2D eigenvalue weighted by Crippen LogP contribution is 2.06. The minimum absolute atomic E-state index is 0.487. The Bertz CT molecular complexity index is 498. The molecule has 18 heavy (non-hydrogen) atoms. The number of rotatable bonds is 5. The van der Waals surface area contributed by atoms with E-state index in [1.54, 1.807) is 12.4 Å². The summed E-state index contributed by atoms with van der Waals surface area (Å²) < 4.78 is 0. The number of likely N-dealkylation sites (N-methyl/N-ethyl adjacent to an activating group) is 1. The molecule has 0 atom stereocenters. The number of aromatic nitrogens is 3. The lowest BCUT2D eigenvalue weighted by atomic mass is 10.2. The molecule has 0 amide bonds. The highest BCUT2D eigenvalue weighted by molar-refractivity contribution is 5.73. The Kier molecular flexibility index (Phi) is 3.96. The molecule has 0 fully saturated rings. The summed E-state index contributed by atoms with van der Waals surface area (Å²) in [7, 11) is 1.93. The van der Waals surface area contributed by atoms with E-state index in [1.807, 2.05) is 24.1 Å². The van der Waals surface area contributed by atoms with Gasteiger partial charge in [0.15, 0.2) is 6.29 Å². The molecular formula is C13H14N4O. The van der Waals surface area contributed by atoms with Crippen LogP contribution in [-0.4, -0.2) is 34.8 Å². The molecule has 0 aliphatic rings. The average Bonchev–Trinajstić information content (AvgIpc) is 2.46. The van der Waals surface area contributed by atoms with E-state index in [0.717, 1.165) is 19.3 Å². The predicted octanol–water partition coefficient (Wildman–Crippen LogP) is 1.36. The Balaban J connectivity index is 1.94. The molecule has 0 unspecified atom stereocenters. The third-order valence-corrected chi connectivity index (χ3v) is 2.62. The van der Waals surface area contributed by atoms with Gasteiger partial charge < -0.3 is 4.90 Å². The molecule has 0 saturated heterocycles. The number of aldehydes is 1. The van der Waals surface area contributed by atoms with Crippen LogP contribution in [0.2, 0.25) is 0 Å². The summed E-state index contributed by atoms with van der Waals surface area (Å²) in [6.07, 6.45) is 8.25. The van der Waals surface area contributed by atoms with E-state index in [-0.39, 0.29) is 0 Å². The number of hydrogen-bond donors (Lipinski definition) is 0. The first-order valence-electron chi connectivity index (χ1n) is 5.67. The van der Waals surface area contributed by atoms with Crippen LogP contribution in [0, 0.1) is 0 Å². The summed E-state index contributed by atoms with van der Waals surface area (Å²) in [6.45, 7) is 0.810. The molecular weight excluding hydrogens is 228 g/mol. The maximum atomic E-state index is 10.5. The van der Waals surface area contributed by atoms with E-state index in [9.17, 15) is 4.79 Å². The molecule has 2 aromatic heterocycles. The van der Waals surface area contributed by atoms with Gasteiger partial charge in [0.25, 0.3) is 0 Å². The molecule has 2 rings (SSSR count). The molecule has 0 saturated carbocycles. The third kappa shape index (κ3) is 3.10. The standard InChI is InChI=1S/C13H14N4O/c1-17(7-4-11-2-5-14-6-3-11)13-15-8-12(10-18)9-16-13/h2-3,5-6,8-10H,4,7H2,1H3. The van der Waals surface area contributed by atoms with Gasteiger partial charge in [0.05, 0.1) is 5.56 Å². The topological polar surface area (TPSA) is 59.0 Å². The summed E-state index contributed by atoms with van der Waals surface area (Å²) in [5.74, 6) is 0.620. The van der Waals surface area contributed by atoms with Crippen molar-refractivity contribution in [3.63, 3.8) is 0 Å². The van der Waals surface area contributed by atoms with Crippen molar-refractivity contribution in [2.24, 2.45) is 0 Å². The maximum Gasteiger partial charge on any atom is 0.225 e. The van der Waals surface area contributed by atoms with E-state index < -0.39 is 0 Å². The zero-order chi connectivity index (χ0) is 12.8. The van der Waals surface area contributed by atoms with Crippen LogP contribution in [0.25, 0.3) is 0 Å². The van der Waals surface area contributed by atoms with Gasteiger partial charge in [-0.2, -0.15) is 0 Å². The predicted molar refractivity (Wildman–Crippen MR) is 68.6 cm³/mol. The van der Waals surface area contributed by atoms with Crippen LogP contribution in [-0.2, 0) is 6.42 Å². The third-order valence-electron chi connectivity index (χ3n) is 2.62. The molecule has 0 radical (unpaired) electrons. The summed E-state index contributed by atoms with van der Waals surface area (Å²) in [4.78, 5) is 24.7. The molecule has 2 aromatic rings. The summed E-state index contributed by atoms with van der Waals surface area (Å²) in [6, 6.07) is 3.98. The van der Waals surface area contributed by atoms with Gasteiger partial charge in [-0.05, 0) is 24.1 Å². The maximum absolute atomic E-state index is 10.5. The fraction of sp³-hybridized carbons (Fsp3) is 0.231. The normalized spacial score (nSPS) is 10.1. The molecule has 5 nitrogen and oxygen atoms in total. The fourth-order valence-electron chi connectivity index (χ4n) is 1.54. The molecule has 2 heterocycles. The number of anilines is 1. The highest BCUT2D eigenvalue weighted by atomic mass is 16.1. The monoisotopic (exact) mass is 242 g/mol. The van der Waals surface area contributed by atoms with E-state index in [4.69, 9.17) is 0 Å². The SMILES string of the molecule is CN(CCc1ccncc1)c1ncc(C=O)cn1. The zero-order valence-corrected chi connectivity index (χ0v) is 10.2. The highest BCUT2D eigenvalue weighted by Gasteiger charge is 2.04. The summed E-state index contributed by atoms with van der Waals surface area (Å²) >= 11 is 0. The molecule has 0 aromatic carbocycles. The van der Waals surface area contributed by atoms with Crippen molar-refractivity contribution < 1.29 is 4.79 Å². The van der Waals surface area contributed by atoms with Crippen LogP contribution in [0.15, 0.2) is 36.9 Å². The molecule has 0 spiro atoms. The van der Waals surface area contributed by atoms with Gasteiger partial charge in [-0.3, -0.25) is 9.78 Å². The molecule has 0 bridgehead atoms. The molecule has 0 N–H and O–H groups in total. The van der Waals surface area contributed by atoms with Crippen molar-refractivity contribution in [3.8, 4) is 0 Å². The van der Waals surface area contributed by atoms with Gasteiger partial charge in [0.1, 0.15) is 0 Å². The lowest BCUT2D eigenvalue weighted by molar-refractivity contribution is 0.112. The van der Waals surface area contributed by atoms with Gasteiger partial charge in [-0.1, -0.05) is 0 Å². The van der Waals surface area contributed by atoms with Crippen LogP contribution in [0.5, 0.6) is 0 Å². The first-order valence-corrected chi connectivity index (χ1v) is 5.67. The number of nitrogens with zero attached hydrogens (tertiary/aromatic N) is 4. The Morgan fingerprint density at radius 1 is 1.22 bits per heavy atom. The largest absolute Gasteiger partial charge is 0.344 e. The van der Waals surface area contributed by atoms with Crippen molar-refractivity contribution in [2.75, 3.05) is 18.5 Å². The first-order chi connectivity index (χ1) is 8.79. The van der Waals surface area contributed by atoms with Gasteiger partial charge in [-0.15, -0.1) is 0 Å². The van der Waals surface area contributed by atoms with E-state index in [2.05, 4.69) is 15.0 Å². The van der Waals surface area contributed by atoms with Crippen molar-refractivity contribution in [2.45, 2.75) is 6.42 Å². The van der Waals surface area contributed by atoms with Gasteiger partial charge in [0, 0.05) is 38.4 Å². The minimum Gasteiger partial charge on any atom is -0.344 e. The Morgan fingerprint density at radius 3 is 2.50 bits per heavy atom. The van der Waals surface area contributed by atoms with Crippen molar-refractivity contribution in [1.82, 2.24) is 15.0 Å². The quantitative estimate of drug-likeness (QED) is 0.741. The Labute approximate surface area is 106 Å². The molecule has 0 aliphatic heterocycles. The number of carbonyl (C=O) groups is 1. The average molecular weight is 242 g/mol. The van der Waals surface area contributed by atoms with Gasteiger partial charge in [-0.25, -0.2) is 9.97 Å². The van der Waals surface area contributed by atoms with Crippen molar-refractivity contribution in [3.05, 3.63) is 48.0 Å². The summed E-state index contributed by atoms with van der Waals surface area (Å²) in [5, 5.41) is 0. The van der Waals surface area contributed by atoms with E-state index in [1.165, 1.54) is 18.0 Å². The fourth-order valence-corrected chi connectivity index (χ4v) is 1.54. The second-order valence-electron chi connectivity index (χ2n) is 3.96. The van der Waals surface area contributed by atoms with Crippen LogP contribution in [0.4, 0.5) is 5.95 Å². The second-order valence-corrected chi connectivity index (χ2v) is 3.96. The van der Waals surface area contributed by atoms with Crippen LogP contribution >= 0.6 is 0 Å². The lowest BCUT2D eigenvalue weighted by Crippen LogP contribution is -2.22. The molecule has 92 valence electrons. The molecule has 5 heteroatoms. The smallest absolute Gasteiger partial charge is 0.225 e.